The van der Waals surface area contributed by atoms with Crippen LogP contribution in [0.25, 0.3) is 10.9 Å². The van der Waals surface area contributed by atoms with Gasteiger partial charge in [0.25, 0.3) is 10.0 Å². The molecule has 0 bridgehead atoms. The Bertz CT molecular complexity index is 1290. The van der Waals surface area contributed by atoms with E-state index in [1.165, 1.54) is 13.2 Å². The Morgan fingerprint density at radius 2 is 1.84 bits per heavy atom. The molecule has 0 unspecified atom stereocenters. The van der Waals surface area contributed by atoms with Crippen molar-refractivity contribution in [2.75, 3.05) is 13.7 Å². The molecule has 2 aromatic carbocycles. The van der Waals surface area contributed by atoms with Gasteiger partial charge in [0.15, 0.2) is 0 Å². The Hall–Kier alpha value is -3.13. The van der Waals surface area contributed by atoms with E-state index in [4.69, 9.17) is 9.47 Å². The molecule has 0 atom stereocenters. The van der Waals surface area contributed by atoms with Crippen molar-refractivity contribution >= 4 is 26.8 Å². The van der Waals surface area contributed by atoms with Crippen LogP contribution >= 0.6 is 0 Å². The van der Waals surface area contributed by atoms with Crippen LogP contribution in [0.2, 0.25) is 0 Å². The Morgan fingerprint density at radius 1 is 1.09 bits per heavy atom. The van der Waals surface area contributed by atoms with Gasteiger partial charge in [-0.15, -0.1) is 0 Å². The van der Waals surface area contributed by atoms with Gasteiger partial charge in [-0.1, -0.05) is 12.1 Å². The lowest BCUT2D eigenvalue weighted by Crippen LogP contribution is -2.39. The maximum absolute atomic E-state index is 13.4. The predicted octanol–water partition coefficient (Wildman–Crippen LogP) is 3.57. The molecule has 1 amide bonds. The first-order valence-corrected chi connectivity index (χ1v) is 12.1. The molecule has 0 radical (unpaired) electrons. The number of benzene rings is 2. The lowest BCUT2D eigenvalue weighted by molar-refractivity contribution is -0.121. The van der Waals surface area contributed by atoms with E-state index in [-0.39, 0.29) is 4.90 Å². The molecule has 8 heteroatoms. The first-order valence-electron chi connectivity index (χ1n) is 10.7. The number of ether oxygens (including phenoxy) is 2. The van der Waals surface area contributed by atoms with Crippen molar-refractivity contribution in [3.63, 3.8) is 0 Å². The molecule has 2 fully saturated rings. The van der Waals surface area contributed by atoms with Gasteiger partial charge in [-0.2, -0.15) is 0 Å². The molecule has 166 valence electrons. The van der Waals surface area contributed by atoms with Crippen molar-refractivity contribution in [2.24, 2.45) is 5.92 Å². The monoisotopic (exact) mass is 452 g/mol. The number of carbonyl (C=O) groups is 1. The van der Waals surface area contributed by atoms with Gasteiger partial charge in [-0.05, 0) is 68.0 Å². The number of hydrogen-bond donors (Lipinski definition) is 1. The third-order valence-corrected chi connectivity index (χ3v) is 7.55. The molecular weight excluding hydrogens is 428 g/mol. The molecule has 0 saturated heterocycles. The van der Waals surface area contributed by atoms with Crippen LogP contribution in [0.4, 0.5) is 0 Å². The molecule has 2 saturated carbocycles. The molecular formula is C24H24N2O5S. The minimum absolute atomic E-state index is 0.0254. The molecule has 3 aromatic rings. The zero-order chi connectivity index (χ0) is 22.3. The van der Waals surface area contributed by atoms with Gasteiger partial charge >= 0.3 is 0 Å². The molecule has 2 aliphatic carbocycles. The average Bonchev–Trinajstić information content (AvgIpc) is 3.71. The maximum Gasteiger partial charge on any atom is 0.264 e. The number of amides is 1. The van der Waals surface area contributed by atoms with Crippen molar-refractivity contribution in [3.8, 4) is 11.5 Å². The molecule has 0 aliphatic heterocycles. The lowest BCUT2D eigenvalue weighted by atomic mass is 9.93. The summed E-state index contributed by atoms with van der Waals surface area (Å²) in [4.78, 5) is 17.6. The summed E-state index contributed by atoms with van der Waals surface area (Å²) >= 11 is 0. The summed E-state index contributed by atoms with van der Waals surface area (Å²) in [6.07, 6.45) is 4.92. The summed E-state index contributed by atoms with van der Waals surface area (Å²) in [6.45, 7) is 0.583. The largest absolute Gasteiger partial charge is 0.496 e. The van der Waals surface area contributed by atoms with Crippen molar-refractivity contribution in [1.29, 1.82) is 0 Å². The number of carbonyl (C=O) groups excluding carboxylic acids is 1. The van der Waals surface area contributed by atoms with Crippen molar-refractivity contribution in [2.45, 2.75) is 36.0 Å². The highest BCUT2D eigenvalue weighted by molar-refractivity contribution is 7.90. The van der Waals surface area contributed by atoms with Crippen LogP contribution in [0, 0.1) is 5.92 Å². The molecule has 1 aromatic heterocycles. The van der Waals surface area contributed by atoms with E-state index in [1.54, 1.807) is 36.5 Å². The van der Waals surface area contributed by atoms with Crippen molar-refractivity contribution in [3.05, 3.63) is 60.3 Å². The quantitative estimate of drug-likeness (QED) is 0.562. The number of nitrogens with zero attached hydrogens (tertiary/aromatic N) is 1. The summed E-state index contributed by atoms with van der Waals surface area (Å²) in [5.41, 5.74) is 0.168. The fourth-order valence-electron chi connectivity index (χ4n) is 4.06. The first-order chi connectivity index (χ1) is 15.4. The second kappa shape index (κ2) is 7.78. The van der Waals surface area contributed by atoms with E-state index < -0.39 is 21.3 Å². The Balaban J connectivity index is 1.48. The number of pyridine rings is 1. The van der Waals surface area contributed by atoms with Gasteiger partial charge in [0.1, 0.15) is 11.5 Å². The highest BCUT2D eigenvalue weighted by Gasteiger charge is 2.55. The Morgan fingerprint density at radius 3 is 2.56 bits per heavy atom. The normalized spacial score (nSPS) is 17.0. The van der Waals surface area contributed by atoms with Gasteiger partial charge in [-0.3, -0.25) is 9.78 Å². The lowest BCUT2D eigenvalue weighted by Gasteiger charge is -2.22. The van der Waals surface area contributed by atoms with E-state index in [1.807, 2.05) is 12.1 Å². The zero-order valence-corrected chi connectivity index (χ0v) is 18.5. The van der Waals surface area contributed by atoms with E-state index in [0.29, 0.717) is 53.3 Å². The van der Waals surface area contributed by atoms with Crippen LogP contribution in [0.5, 0.6) is 11.5 Å². The second-order valence-corrected chi connectivity index (χ2v) is 10.1. The number of nitrogens with one attached hydrogen (secondary N) is 1. The van der Waals surface area contributed by atoms with E-state index in [9.17, 15) is 13.2 Å². The predicted molar refractivity (Wildman–Crippen MR) is 119 cm³/mol. The van der Waals surface area contributed by atoms with Crippen LogP contribution in [0.15, 0.2) is 59.6 Å². The number of methoxy groups -OCH3 is 1. The number of rotatable bonds is 8. The molecule has 5 rings (SSSR count). The van der Waals surface area contributed by atoms with E-state index >= 15 is 0 Å². The van der Waals surface area contributed by atoms with E-state index in [0.717, 1.165) is 12.8 Å². The summed E-state index contributed by atoms with van der Waals surface area (Å²) < 4.78 is 40.3. The number of hydrogen-bond acceptors (Lipinski definition) is 6. The highest BCUT2D eigenvalue weighted by Crippen LogP contribution is 2.55. The van der Waals surface area contributed by atoms with Crippen LogP contribution in [0.1, 0.15) is 31.2 Å². The summed E-state index contributed by atoms with van der Waals surface area (Å²) in [7, 11) is -2.57. The van der Waals surface area contributed by atoms with Crippen LogP contribution < -0.4 is 14.2 Å². The molecule has 7 nitrogen and oxygen atoms in total. The van der Waals surface area contributed by atoms with Gasteiger partial charge < -0.3 is 9.47 Å². The fourth-order valence-corrected chi connectivity index (χ4v) is 5.33. The van der Waals surface area contributed by atoms with Crippen molar-refractivity contribution in [1.82, 2.24) is 9.71 Å². The summed E-state index contributed by atoms with van der Waals surface area (Å²) in [5.74, 6) is 1.07. The average molecular weight is 453 g/mol. The maximum atomic E-state index is 13.4. The molecule has 1 N–H and O–H groups in total. The van der Waals surface area contributed by atoms with Crippen LogP contribution in [0.3, 0.4) is 0 Å². The Kier molecular flexibility index (Phi) is 5.04. The first kappa shape index (κ1) is 20.8. The molecule has 1 heterocycles. The summed E-state index contributed by atoms with van der Waals surface area (Å²) in [5, 5.41) is 0.464. The standard InChI is InChI=1S/C24H24N2O5S/c1-30-19-7-3-8-20(31-15-16-10-11-16)22(19)24(12-13-24)23(27)26-32(28,29)21-9-2-6-18-17(21)5-4-14-25-18/h2-9,14,16H,10-13,15H2,1H3,(H,26,27). The van der Waals surface area contributed by atoms with Crippen LogP contribution in [-0.4, -0.2) is 33.0 Å². The SMILES string of the molecule is COc1cccc(OCC2CC2)c1C1(C(=O)NS(=O)(=O)c2cccc3ncccc23)CC1. The van der Waals surface area contributed by atoms with Gasteiger partial charge in [0.2, 0.25) is 5.91 Å². The zero-order valence-electron chi connectivity index (χ0n) is 17.7. The molecule has 2 aliphatic rings. The van der Waals surface area contributed by atoms with Gasteiger partial charge in [0.05, 0.1) is 35.1 Å². The second-order valence-electron chi connectivity index (χ2n) is 8.43. The van der Waals surface area contributed by atoms with E-state index in [2.05, 4.69) is 9.71 Å². The summed E-state index contributed by atoms with van der Waals surface area (Å²) in [6, 6.07) is 13.6. The number of fused-ring (bicyclic) bond motifs is 1. The van der Waals surface area contributed by atoms with Gasteiger partial charge in [0, 0.05) is 11.6 Å². The highest BCUT2D eigenvalue weighted by atomic mass is 32.2. The van der Waals surface area contributed by atoms with Crippen molar-refractivity contribution < 1.29 is 22.7 Å². The third-order valence-electron chi connectivity index (χ3n) is 6.16. The smallest absolute Gasteiger partial charge is 0.264 e. The third kappa shape index (κ3) is 3.68. The minimum atomic E-state index is -4.11. The molecule has 0 spiro atoms. The minimum Gasteiger partial charge on any atom is -0.496 e. The molecule has 32 heavy (non-hydrogen) atoms. The van der Waals surface area contributed by atoms with Gasteiger partial charge in [-0.25, -0.2) is 13.1 Å². The number of aromatic nitrogens is 1. The fraction of sp³-hybridized carbons (Fsp3) is 0.333. The number of sulfonamides is 1. The Labute approximate surface area is 186 Å². The van der Waals surface area contributed by atoms with Crippen LogP contribution in [-0.2, 0) is 20.2 Å². The topological polar surface area (TPSA) is 94.6 Å².